The van der Waals surface area contributed by atoms with Crippen LogP contribution < -0.4 is 5.73 Å². The van der Waals surface area contributed by atoms with E-state index in [-0.39, 0.29) is 11.5 Å². The van der Waals surface area contributed by atoms with Gasteiger partial charge in [0.2, 0.25) is 0 Å². The Labute approximate surface area is 86.3 Å². The van der Waals surface area contributed by atoms with Crippen LogP contribution in [0, 0.1) is 19.3 Å². The Morgan fingerprint density at radius 2 is 1.93 bits per heavy atom. The molecule has 1 aromatic carbocycles. The van der Waals surface area contributed by atoms with Crippen LogP contribution >= 0.6 is 0 Å². The normalized spacial score (nSPS) is 23.6. The first kappa shape index (κ1) is 9.72. The second kappa shape index (κ2) is 2.83. The maximum Gasteiger partial charge on any atom is 0.0352 e. The summed E-state index contributed by atoms with van der Waals surface area (Å²) in [7, 11) is 0. The number of rotatable bonds is 0. The molecule has 0 aromatic heterocycles. The van der Waals surface area contributed by atoms with Gasteiger partial charge in [-0.25, -0.2) is 0 Å². The molecule has 0 radical (unpaired) electrons. The molecule has 0 spiro atoms. The fourth-order valence-electron chi connectivity index (χ4n) is 2.54. The number of hydrogen-bond donors (Lipinski definition) is 1. The lowest BCUT2D eigenvalue weighted by molar-refractivity contribution is 0.319. The van der Waals surface area contributed by atoms with E-state index in [0.717, 1.165) is 6.42 Å². The molecule has 1 aliphatic carbocycles. The second-order valence-electron chi connectivity index (χ2n) is 5.29. The third-order valence-corrected chi connectivity index (χ3v) is 3.46. The molecule has 2 rings (SSSR count). The zero-order valence-corrected chi connectivity index (χ0v) is 9.52. The molecule has 1 nitrogen and oxygen atoms in total. The van der Waals surface area contributed by atoms with Crippen molar-refractivity contribution in [3.05, 3.63) is 34.4 Å². The summed E-state index contributed by atoms with van der Waals surface area (Å²) in [6, 6.07) is 4.71. The van der Waals surface area contributed by atoms with Gasteiger partial charge in [-0.15, -0.1) is 0 Å². The molecule has 0 amide bonds. The molecule has 1 heteroatoms. The highest BCUT2D eigenvalue weighted by Crippen LogP contribution is 2.44. The molecular formula is C13H19N. The van der Waals surface area contributed by atoms with Crippen LogP contribution in [-0.2, 0) is 6.42 Å². The zero-order chi connectivity index (χ0) is 10.5. The summed E-state index contributed by atoms with van der Waals surface area (Å²) in [5.74, 6) is 0. The standard InChI is InChI=1S/C13H19N/c1-8-5-9(2)11-7-13(3,4)12(14)10(11)6-8/h5-6,12H,7,14H2,1-4H3. The van der Waals surface area contributed by atoms with E-state index in [1.807, 2.05) is 0 Å². The van der Waals surface area contributed by atoms with Crippen molar-refractivity contribution in [2.24, 2.45) is 11.1 Å². The van der Waals surface area contributed by atoms with E-state index in [9.17, 15) is 0 Å². The summed E-state index contributed by atoms with van der Waals surface area (Å²) in [6.45, 7) is 8.85. The molecule has 0 saturated heterocycles. The van der Waals surface area contributed by atoms with Crippen molar-refractivity contribution in [2.45, 2.75) is 40.2 Å². The van der Waals surface area contributed by atoms with Crippen LogP contribution in [0.4, 0.5) is 0 Å². The minimum Gasteiger partial charge on any atom is -0.323 e. The van der Waals surface area contributed by atoms with Gasteiger partial charge in [0.05, 0.1) is 0 Å². The first-order chi connectivity index (χ1) is 6.42. The van der Waals surface area contributed by atoms with Crippen LogP contribution in [-0.4, -0.2) is 0 Å². The number of fused-ring (bicyclic) bond motifs is 1. The van der Waals surface area contributed by atoms with Crippen LogP contribution in [0.2, 0.25) is 0 Å². The van der Waals surface area contributed by atoms with E-state index < -0.39 is 0 Å². The van der Waals surface area contributed by atoms with Crippen molar-refractivity contribution in [2.75, 3.05) is 0 Å². The quantitative estimate of drug-likeness (QED) is 0.667. The third-order valence-electron chi connectivity index (χ3n) is 3.46. The van der Waals surface area contributed by atoms with Gasteiger partial charge in [0.15, 0.2) is 0 Å². The Balaban J connectivity index is 2.59. The van der Waals surface area contributed by atoms with E-state index in [2.05, 4.69) is 39.8 Å². The molecule has 1 aliphatic rings. The molecule has 1 atom stereocenters. The van der Waals surface area contributed by atoms with Gasteiger partial charge in [0, 0.05) is 6.04 Å². The number of benzene rings is 1. The van der Waals surface area contributed by atoms with Gasteiger partial charge >= 0.3 is 0 Å². The Bertz CT molecular complexity index is 377. The lowest BCUT2D eigenvalue weighted by Gasteiger charge is -2.23. The first-order valence-electron chi connectivity index (χ1n) is 5.27. The molecule has 1 unspecified atom stereocenters. The summed E-state index contributed by atoms with van der Waals surface area (Å²) >= 11 is 0. The number of aryl methyl sites for hydroxylation is 2. The maximum absolute atomic E-state index is 6.26. The molecule has 0 saturated carbocycles. The zero-order valence-electron chi connectivity index (χ0n) is 9.52. The molecule has 0 heterocycles. The van der Waals surface area contributed by atoms with Crippen LogP contribution in [0.5, 0.6) is 0 Å². The van der Waals surface area contributed by atoms with E-state index in [1.165, 1.54) is 22.3 Å². The van der Waals surface area contributed by atoms with Gasteiger partial charge in [-0.05, 0) is 42.4 Å². The predicted octanol–water partition coefficient (Wildman–Crippen LogP) is 2.89. The fraction of sp³-hybridized carbons (Fsp3) is 0.538. The second-order valence-corrected chi connectivity index (χ2v) is 5.29. The highest BCUT2D eigenvalue weighted by molar-refractivity contribution is 5.45. The van der Waals surface area contributed by atoms with Gasteiger partial charge in [0.25, 0.3) is 0 Å². The summed E-state index contributed by atoms with van der Waals surface area (Å²) < 4.78 is 0. The molecule has 2 N–H and O–H groups in total. The summed E-state index contributed by atoms with van der Waals surface area (Å²) in [6.07, 6.45) is 1.12. The van der Waals surface area contributed by atoms with Crippen molar-refractivity contribution < 1.29 is 0 Å². The van der Waals surface area contributed by atoms with Crippen molar-refractivity contribution in [3.63, 3.8) is 0 Å². The van der Waals surface area contributed by atoms with Gasteiger partial charge in [-0.3, -0.25) is 0 Å². The number of nitrogens with two attached hydrogens (primary N) is 1. The molecule has 0 aliphatic heterocycles. The van der Waals surface area contributed by atoms with Crippen LogP contribution in [0.1, 0.15) is 42.1 Å². The summed E-state index contributed by atoms with van der Waals surface area (Å²) in [4.78, 5) is 0. The van der Waals surface area contributed by atoms with Gasteiger partial charge in [-0.1, -0.05) is 31.5 Å². The van der Waals surface area contributed by atoms with Gasteiger partial charge in [-0.2, -0.15) is 0 Å². The minimum absolute atomic E-state index is 0.205. The minimum atomic E-state index is 0.205. The summed E-state index contributed by atoms with van der Waals surface area (Å²) in [5.41, 5.74) is 12.1. The Kier molecular flexibility index (Phi) is 1.97. The molecule has 76 valence electrons. The van der Waals surface area contributed by atoms with E-state index >= 15 is 0 Å². The van der Waals surface area contributed by atoms with E-state index in [1.54, 1.807) is 0 Å². The highest BCUT2D eigenvalue weighted by Gasteiger charge is 2.37. The molecular weight excluding hydrogens is 170 g/mol. The smallest absolute Gasteiger partial charge is 0.0352 e. The van der Waals surface area contributed by atoms with E-state index in [4.69, 9.17) is 5.73 Å². The SMILES string of the molecule is Cc1cc(C)c2c(c1)C(N)C(C)(C)C2. The van der Waals surface area contributed by atoms with Gasteiger partial charge in [0.1, 0.15) is 0 Å². The van der Waals surface area contributed by atoms with Crippen molar-refractivity contribution >= 4 is 0 Å². The molecule has 0 bridgehead atoms. The van der Waals surface area contributed by atoms with Crippen molar-refractivity contribution in [1.82, 2.24) is 0 Å². The van der Waals surface area contributed by atoms with E-state index in [0.29, 0.717) is 0 Å². The molecule has 1 aromatic rings. The fourth-order valence-corrected chi connectivity index (χ4v) is 2.54. The average Bonchev–Trinajstić information content (AvgIpc) is 2.28. The number of hydrogen-bond acceptors (Lipinski definition) is 1. The van der Waals surface area contributed by atoms with Crippen LogP contribution in [0.25, 0.3) is 0 Å². The molecule has 14 heavy (non-hydrogen) atoms. The topological polar surface area (TPSA) is 26.0 Å². The Hall–Kier alpha value is -0.820. The molecule has 0 fully saturated rings. The maximum atomic E-state index is 6.26. The monoisotopic (exact) mass is 189 g/mol. The van der Waals surface area contributed by atoms with Gasteiger partial charge < -0.3 is 5.73 Å². The highest BCUT2D eigenvalue weighted by atomic mass is 14.7. The average molecular weight is 189 g/mol. The van der Waals surface area contributed by atoms with Crippen molar-refractivity contribution in [3.8, 4) is 0 Å². The lowest BCUT2D eigenvalue weighted by atomic mass is 9.86. The van der Waals surface area contributed by atoms with Crippen LogP contribution in [0.15, 0.2) is 12.1 Å². The largest absolute Gasteiger partial charge is 0.323 e. The Morgan fingerprint density at radius 3 is 2.57 bits per heavy atom. The first-order valence-corrected chi connectivity index (χ1v) is 5.27. The Morgan fingerprint density at radius 1 is 1.29 bits per heavy atom. The van der Waals surface area contributed by atoms with Crippen molar-refractivity contribution in [1.29, 1.82) is 0 Å². The van der Waals surface area contributed by atoms with Crippen LogP contribution in [0.3, 0.4) is 0 Å². The predicted molar refractivity (Wildman–Crippen MR) is 60.3 cm³/mol. The third kappa shape index (κ3) is 1.27. The lowest BCUT2D eigenvalue weighted by Crippen LogP contribution is -2.24. The summed E-state index contributed by atoms with van der Waals surface area (Å²) in [5, 5.41) is 0.